The van der Waals surface area contributed by atoms with Crippen molar-refractivity contribution < 1.29 is 4.39 Å². The predicted octanol–water partition coefficient (Wildman–Crippen LogP) is 3.54. The SMILES string of the molecule is CCc1c(N)ncnc1N1CCC(c2nc(-c3ccc(F)c(C)c3)cn2CC2CNC2)CC1. The van der Waals surface area contributed by atoms with Crippen LogP contribution >= 0.6 is 0 Å². The molecule has 4 heterocycles. The van der Waals surface area contributed by atoms with E-state index >= 15 is 0 Å². The molecule has 2 aliphatic rings. The van der Waals surface area contributed by atoms with Gasteiger partial charge in [0, 0.05) is 61.9 Å². The number of nitrogens with two attached hydrogens (primary N) is 1. The third kappa shape index (κ3) is 4.31. The van der Waals surface area contributed by atoms with Gasteiger partial charge < -0.3 is 20.5 Å². The number of piperidine rings is 1. The summed E-state index contributed by atoms with van der Waals surface area (Å²) < 4.78 is 16.2. The first kappa shape index (κ1) is 21.8. The molecule has 3 N–H and O–H groups in total. The van der Waals surface area contributed by atoms with Crippen LogP contribution in [0, 0.1) is 18.7 Å². The van der Waals surface area contributed by atoms with Crippen LogP contribution < -0.4 is 16.0 Å². The highest BCUT2D eigenvalue weighted by Crippen LogP contribution is 2.34. The van der Waals surface area contributed by atoms with E-state index in [4.69, 9.17) is 10.7 Å². The highest BCUT2D eigenvalue weighted by molar-refractivity contribution is 5.60. The average Bonchev–Trinajstić information content (AvgIpc) is 3.22. The standard InChI is InChI=1S/C25H32FN7/c1-3-20-23(27)29-15-30-25(20)32-8-6-18(7-9-32)24-31-22(14-33(24)13-17-11-28-12-17)19-4-5-21(26)16(2)10-19/h4-5,10,14-15,17-18,28H,3,6-9,11-13H2,1-2H3,(H2,27,29,30). The number of aromatic nitrogens is 4. The number of halogens is 1. The molecule has 0 unspecified atom stereocenters. The molecule has 2 aliphatic heterocycles. The molecular formula is C25H32FN7. The van der Waals surface area contributed by atoms with Crippen LogP contribution in [0.2, 0.25) is 0 Å². The molecule has 2 aromatic heterocycles. The van der Waals surface area contributed by atoms with Gasteiger partial charge in [0.05, 0.1) is 5.69 Å². The van der Waals surface area contributed by atoms with Crippen molar-refractivity contribution in [3.63, 3.8) is 0 Å². The normalized spacial score (nSPS) is 17.4. The molecular weight excluding hydrogens is 417 g/mol. The third-order valence-corrected chi connectivity index (χ3v) is 7.05. The van der Waals surface area contributed by atoms with Crippen molar-refractivity contribution in [1.82, 2.24) is 24.8 Å². The van der Waals surface area contributed by atoms with Gasteiger partial charge in [0.1, 0.15) is 29.6 Å². The van der Waals surface area contributed by atoms with Gasteiger partial charge in [-0.3, -0.25) is 0 Å². The molecule has 0 aliphatic carbocycles. The lowest BCUT2D eigenvalue weighted by Gasteiger charge is -2.34. The van der Waals surface area contributed by atoms with Gasteiger partial charge in [0.25, 0.3) is 0 Å². The van der Waals surface area contributed by atoms with Crippen molar-refractivity contribution in [3.8, 4) is 11.3 Å². The molecule has 2 saturated heterocycles. The summed E-state index contributed by atoms with van der Waals surface area (Å²) in [5.74, 6) is 3.54. The Balaban J connectivity index is 1.39. The predicted molar refractivity (Wildman–Crippen MR) is 129 cm³/mol. The van der Waals surface area contributed by atoms with E-state index in [-0.39, 0.29) is 5.82 Å². The summed E-state index contributed by atoms with van der Waals surface area (Å²) in [5.41, 5.74) is 9.68. The molecule has 0 atom stereocenters. The molecule has 0 radical (unpaired) electrons. The summed E-state index contributed by atoms with van der Waals surface area (Å²) in [6.07, 6.45) is 6.56. The number of hydrogen-bond acceptors (Lipinski definition) is 6. The number of aryl methyl sites for hydroxylation is 1. The summed E-state index contributed by atoms with van der Waals surface area (Å²) in [5, 5.41) is 3.37. The number of imidazole rings is 1. The van der Waals surface area contributed by atoms with Gasteiger partial charge in [0.2, 0.25) is 0 Å². The van der Waals surface area contributed by atoms with Crippen molar-refractivity contribution in [3.05, 3.63) is 53.5 Å². The minimum atomic E-state index is -0.178. The van der Waals surface area contributed by atoms with Crippen molar-refractivity contribution in [1.29, 1.82) is 0 Å². The maximum Gasteiger partial charge on any atom is 0.137 e. The number of hydrogen-bond donors (Lipinski definition) is 2. The highest BCUT2D eigenvalue weighted by Gasteiger charge is 2.28. The minimum Gasteiger partial charge on any atom is -0.383 e. The van der Waals surface area contributed by atoms with Gasteiger partial charge in [0.15, 0.2) is 0 Å². The summed E-state index contributed by atoms with van der Waals surface area (Å²) in [7, 11) is 0. The van der Waals surface area contributed by atoms with Gasteiger partial charge in [-0.15, -0.1) is 0 Å². The molecule has 1 aromatic carbocycles. The highest BCUT2D eigenvalue weighted by atomic mass is 19.1. The summed E-state index contributed by atoms with van der Waals surface area (Å²) in [4.78, 5) is 16.1. The summed E-state index contributed by atoms with van der Waals surface area (Å²) >= 11 is 0. The lowest BCUT2D eigenvalue weighted by molar-refractivity contribution is 0.299. The first-order valence-corrected chi connectivity index (χ1v) is 11.9. The lowest BCUT2D eigenvalue weighted by Crippen LogP contribution is -2.44. The van der Waals surface area contributed by atoms with Crippen LogP contribution in [-0.4, -0.2) is 45.7 Å². The molecule has 2 fully saturated rings. The van der Waals surface area contributed by atoms with Crippen LogP contribution in [0.15, 0.2) is 30.7 Å². The Hall–Kier alpha value is -3.00. The van der Waals surface area contributed by atoms with E-state index in [1.54, 1.807) is 13.3 Å². The van der Waals surface area contributed by atoms with Crippen LogP contribution in [0.3, 0.4) is 0 Å². The Labute approximate surface area is 194 Å². The van der Waals surface area contributed by atoms with Crippen LogP contribution in [0.25, 0.3) is 11.3 Å². The fraction of sp³-hybridized carbons (Fsp3) is 0.480. The summed E-state index contributed by atoms with van der Waals surface area (Å²) in [6, 6.07) is 5.26. The Morgan fingerprint density at radius 1 is 1.18 bits per heavy atom. The Bertz CT molecular complexity index is 1130. The number of anilines is 2. The number of nitrogens with zero attached hydrogens (tertiary/aromatic N) is 5. The number of nitrogens with one attached hydrogen (secondary N) is 1. The van der Waals surface area contributed by atoms with Crippen LogP contribution in [0.1, 0.15) is 42.6 Å². The minimum absolute atomic E-state index is 0.178. The van der Waals surface area contributed by atoms with E-state index in [2.05, 4.69) is 37.9 Å². The van der Waals surface area contributed by atoms with Gasteiger partial charge in [-0.25, -0.2) is 19.3 Å². The number of nitrogen functional groups attached to an aromatic ring is 1. The smallest absolute Gasteiger partial charge is 0.137 e. The maximum absolute atomic E-state index is 13.8. The van der Waals surface area contributed by atoms with E-state index in [1.807, 2.05) is 12.1 Å². The first-order valence-electron chi connectivity index (χ1n) is 11.9. The van der Waals surface area contributed by atoms with E-state index in [0.717, 1.165) is 80.4 Å². The van der Waals surface area contributed by atoms with E-state index in [1.165, 1.54) is 6.07 Å². The van der Waals surface area contributed by atoms with E-state index in [0.29, 0.717) is 23.2 Å². The quantitative estimate of drug-likeness (QED) is 0.599. The van der Waals surface area contributed by atoms with Crippen LogP contribution in [0.4, 0.5) is 16.0 Å². The second kappa shape index (κ2) is 9.09. The number of rotatable bonds is 6. The zero-order chi connectivity index (χ0) is 22.9. The molecule has 0 amide bonds. The molecule has 0 spiro atoms. The maximum atomic E-state index is 13.8. The Morgan fingerprint density at radius 3 is 2.64 bits per heavy atom. The molecule has 33 heavy (non-hydrogen) atoms. The largest absolute Gasteiger partial charge is 0.383 e. The van der Waals surface area contributed by atoms with Gasteiger partial charge in [-0.2, -0.15) is 0 Å². The topological polar surface area (TPSA) is 84.9 Å². The second-order valence-corrected chi connectivity index (χ2v) is 9.30. The van der Waals surface area contributed by atoms with Crippen molar-refractivity contribution in [2.75, 3.05) is 36.8 Å². The molecule has 8 heteroatoms. The zero-order valence-corrected chi connectivity index (χ0v) is 19.4. The Morgan fingerprint density at radius 2 is 1.97 bits per heavy atom. The van der Waals surface area contributed by atoms with E-state index < -0.39 is 0 Å². The zero-order valence-electron chi connectivity index (χ0n) is 19.4. The third-order valence-electron chi connectivity index (χ3n) is 7.05. The fourth-order valence-electron chi connectivity index (χ4n) is 4.98. The first-order chi connectivity index (χ1) is 16.0. The molecule has 174 valence electrons. The monoisotopic (exact) mass is 449 g/mol. The molecule has 3 aromatic rings. The van der Waals surface area contributed by atoms with Crippen LogP contribution in [-0.2, 0) is 13.0 Å². The van der Waals surface area contributed by atoms with Crippen molar-refractivity contribution >= 4 is 11.6 Å². The molecule has 7 nitrogen and oxygen atoms in total. The van der Waals surface area contributed by atoms with Crippen molar-refractivity contribution in [2.24, 2.45) is 5.92 Å². The lowest BCUT2D eigenvalue weighted by atomic mass is 9.95. The molecule has 0 bridgehead atoms. The van der Waals surface area contributed by atoms with Crippen molar-refractivity contribution in [2.45, 2.75) is 45.6 Å². The average molecular weight is 450 g/mol. The second-order valence-electron chi connectivity index (χ2n) is 9.30. The van der Waals surface area contributed by atoms with Crippen LogP contribution in [0.5, 0.6) is 0 Å². The van der Waals surface area contributed by atoms with Gasteiger partial charge in [-0.1, -0.05) is 6.92 Å². The van der Waals surface area contributed by atoms with Gasteiger partial charge >= 0.3 is 0 Å². The molecule has 0 saturated carbocycles. The molecule has 5 rings (SSSR count). The fourth-order valence-corrected chi connectivity index (χ4v) is 4.98. The van der Waals surface area contributed by atoms with Gasteiger partial charge in [-0.05, 0) is 49.9 Å². The number of benzene rings is 1. The van der Waals surface area contributed by atoms with E-state index in [9.17, 15) is 4.39 Å². The Kier molecular flexibility index (Phi) is 6.01. The summed E-state index contributed by atoms with van der Waals surface area (Å²) in [6.45, 7) is 8.80.